The largest absolute Gasteiger partial charge is 0.496 e. The van der Waals surface area contributed by atoms with Crippen LogP contribution in [0.3, 0.4) is 0 Å². The molecule has 0 fully saturated rings. The average molecular weight is 224 g/mol. The van der Waals surface area contributed by atoms with Gasteiger partial charge in [-0.15, -0.1) is 0 Å². The molecule has 0 aliphatic carbocycles. The van der Waals surface area contributed by atoms with E-state index in [-0.39, 0.29) is 6.61 Å². The van der Waals surface area contributed by atoms with Crippen molar-refractivity contribution < 1.29 is 23.8 Å². The van der Waals surface area contributed by atoms with Crippen LogP contribution < -0.4 is 9.47 Å². The zero-order chi connectivity index (χ0) is 12.0. The lowest BCUT2D eigenvalue weighted by molar-refractivity contribution is -0.142. The molecule has 0 aliphatic heterocycles. The third kappa shape index (κ3) is 2.98. The fraction of sp³-hybridized carbons (Fsp3) is 0.273. The first-order chi connectivity index (χ1) is 7.71. The molecule has 0 aliphatic rings. The average Bonchev–Trinajstić information content (AvgIpc) is 2.35. The van der Waals surface area contributed by atoms with Gasteiger partial charge in [-0.3, -0.25) is 4.79 Å². The van der Waals surface area contributed by atoms with E-state index in [0.717, 1.165) is 0 Å². The molecule has 5 heteroatoms. The van der Waals surface area contributed by atoms with Crippen LogP contribution >= 0.6 is 0 Å². The number of benzene rings is 1. The number of carbonyl (C=O) groups is 2. The molecular weight excluding hydrogens is 212 g/mol. The topological polar surface area (TPSA) is 61.8 Å². The Balaban J connectivity index is 2.75. The number of hydrogen-bond donors (Lipinski definition) is 0. The normalized spacial score (nSPS) is 9.38. The molecule has 1 rings (SSSR count). The van der Waals surface area contributed by atoms with Crippen LogP contribution in [0, 0.1) is 0 Å². The van der Waals surface area contributed by atoms with Gasteiger partial charge in [0.15, 0.2) is 12.9 Å². The lowest BCUT2D eigenvalue weighted by Crippen LogP contribution is -2.12. The van der Waals surface area contributed by atoms with Crippen LogP contribution in [-0.2, 0) is 9.53 Å². The Hall–Kier alpha value is -2.04. The summed E-state index contributed by atoms with van der Waals surface area (Å²) in [6.07, 6.45) is 0.683. The van der Waals surface area contributed by atoms with Gasteiger partial charge in [0.1, 0.15) is 11.5 Å². The van der Waals surface area contributed by atoms with Gasteiger partial charge in [0.25, 0.3) is 0 Å². The van der Waals surface area contributed by atoms with E-state index in [4.69, 9.17) is 9.47 Å². The third-order valence-electron chi connectivity index (χ3n) is 1.92. The predicted octanol–water partition coefficient (Wildman–Crippen LogP) is 1.06. The van der Waals surface area contributed by atoms with Crippen LogP contribution in [-0.4, -0.2) is 33.1 Å². The molecule has 5 nitrogen and oxygen atoms in total. The number of carbonyl (C=O) groups excluding carboxylic acids is 2. The Bertz CT molecular complexity index is 386. The smallest absolute Gasteiger partial charge is 0.343 e. The van der Waals surface area contributed by atoms with Gasteiger partial charge >= 0.3 is 5.97 Å². The number of esters is 1. The first-order valence-corrected chi connectivity index (χ1v) is 4.54. The predicted molar refractivity (Wildman–Crippen MR) is 55.9 cm³/mol. The summed E-state index contributed by atoms with van der Waals surface area (Å²) in [7, 11) is 2.73. The van der Waals surface area contributed by atoms with Crippen molar-refractivity contribution in [2.24, 2.45) is 0 Å². The molecule has 0 atom stereocenters. The van der Waals surface area contributed by atoms with Crippen LogP contribution in [0.25, 0.3) is 0 Å². The summed E-state index contributed by atoms with van der Waals surface area (Å²) in [5.41, 5.74) is 0.424. The minimum atomic E-state index is -0.474. The van der Waals surface area contributed by atoms with Crippen molar-refractivity contribution >= 4 is 12.3 Å². The summed E-state index contributed by atoms with van der Waals surface area (Å²) in [6.45, 7) is -0.180. The highest BCUT2D eigenvalue weighted by Gasteiger charge is 2.06. The fourth-order valence-corrected chi connectivity index (χ4v) is 1.08. The van der Waals surface area contributed by atoms with Crippen LogP contribution in [0.1, 0.15) is 10.4 Å². The number of ether oxygens (including phenoxy) is 3. The third-order valence-corrected chi connectivity index (χ3v) is 1.92. The SMILES string of the molecule is COC(=O)COc1ccc(C=O)c(OC)c1. The Morgan fingerprint density at radius 1 is 1.38 bits per heavy atom. The van der Waals surface area contributed by atoms with E-state index in [0.29, 0.717) is 23.3 Å². The van der Waals surface area contributed by atoms with Crippen molar-refractivity contribution in [1.82, 2.24) is 0 Å². The molecule has 0 saturated heterocycles. The molecule has 86 valence electrons. The second-order valence-electron chi connectivity index (χ2n) is 2.89. The second kappa shape index (κ2) is 5.75. The molecule has 0 radical (unpaired) electrons. The monoisotopic (exact) mass is 224 g/mol. The van der Waals surface area contributed by atoms with Gasteiger partial charge in [-0.05, 0) is 12.1 Å². The standard InChI is InChI=1S/C11H12O5/c1-14-10-5-9(4-3-8(10)6-12)16-7-11(13)15-2/h3-6H,7H2,1-2H3. The Morgan fingerprint density at radius 2 is 2.12 bits per heavy atom. The quantitative estimate of drug-likeness (QED) is 0.552. The van der Waals surface area contributed by atoms with Gasteiger partial charge in [-0.2, -0.15) is 0 Å². The highest BCUT2D eigenvalue weighted by atomic mass is 16.6. The zero-order valence-electron chi connectivity index (χ0n) is 9.06. The second-order valence-corrected chi connectivity index (χ2v) is 2.89. The van der Waals surface area contributed by atoms with Crippen LogP contribution in [0.15, 0.2) is 18.2 Å². The van der Waals surface area contributed by atoms with E-state index >= 15 is 0 Å². The van der Waals surface area contributed by atoms with Crippen molar-refractivity contribution in [2.75, 3.05) is 20.8 Å². The van der Waals surface area contributed by atoms with Crippen molar-refractivity contribution in [3.05, 3.63) is 23.8 Å². The Morgan fingerprint density at radius 3 is 2.69 bits per heavy atom. The summed E-state index contributed by atoms with van der Waals surface area (Å²) in [4.78, 5) is 21.4. The van der Waals surface area contributed by atoms with Crippen molar-refractivity contribution in [3.8, 4) is 11.5 Å². The van der Waals surface area contributed by atoms with Gasteiger partial charge < -0.3 is 14.2 Å². The molecule has 0 spiro atoms. The Labute approximate surface area is 92.9 Å². The van der Waals surface area contributed by atoms with Gasteiger partial charge in [-0.25, -0.2) is 4.79 Å². The molecule has 0 saturated carbocycles. The molecule has 0 amide bonds. The van der Waals surface area contributed by atoms with Crippen LogP contribution in [0.4, 0.5) is 0 Å². The molecule has 1 aromatic rings. The molecular formula is C11H12O5. The molecule has 0 bridgehead atoms. The Kier molecular flexibility index (Phi) is 4.32. The number of methoxy groups -OCH3 is 2. The molecule has 0 unspecified atom stereocenters. The molecule has 0 aromatic heterocycles. The van der Waals surface area contributed by atoms with E-state index < -0.39 is 5.97 Å². The number of rotatable bonds is 5. The maximum Gasteiger partial charge on any atom is 0.343 e. The first kappa shape index (κ1) is 12.0. The van der Waals surface area contributed by atoms with Crippen molar-refractivity contribution in [2.45, 2.75) is 0 Å². The summed E-state index contributed by atoms with van der Waals surface area (Å²) in [6, 6.07) is 4.67. The lowest BCUT2D eigenvalue weighted by atomic mass is 10.2. The molecule has 16 heavy (non-hydrogen) atoms. The summed E-state index contributed by atoms with van der Waals surface area (Å²) >= 11 is 0. The molecule has 0 heterocycles. The highest BCUT2D eigenvalue weighted by Crippen LogP contribution is 2.23. The fourth-order valence-electron chi connectivity index (χ4n) is 1.08. The van der Waals surface area contributed by atoms with Crippen LogP contribution in [0.5, 0.6) is 11.5 Å². The highest BCUT2D eigenvalue weighted by molar-refractivity contribution is 5.79. The summed E-state index contributed by atoms with van der Waals surface area (Å²) in [5, 5.41) is 0. The van der Waals surface area contributed by atoms with E-state index in [9.17, 15) is 9.59 Å². The van der Waals surface area contributed by atoms with E-state index in [1.165, 1.54) is 20.3 Å². The van der Waals surface area contributed by atoms with Gasteiger partial charge in [-0.1, -0.05) is 0 Å². The van der Waals surface area contributed by atoms with Crippen molar-refractivity contribution in [3.63, 3.8) is 0 Å². The van der Waals surface area contributed by atoms with E-state index in [2.05, 4.69) is 4.74 Å². The lowest BCUT2D eigenvalue weighted by Gasteiger charge is -2.08. The van der Waals surface area contributed by atoms with E-state index in [1.54, 1.807) is 12.1 Å². The van der Waals surface area contributed by atoms with Gasteiger partial charge in [0.05, 0.1) is 19.8 Å². The number of aldehydes is 1. The summed E-state index contributed by atoms with van der Waals surface area (Å²) < 4.78 is 14.5. The van der Waals surface area contributed by atoms with Gasteiger partial charge in [0.2, 0.25) is 0 Å². The zero-order valence-corrected chi connectivity index (χ0v) is 9.06. The maximum atomic E-state index is 10.8. The van der Waals surface area contributed by atoms with E-state index in [1.807, 2.05) is 0 Å². The molecule has 0 N–H and O–H groups in total. The minimum Gasteiger partial charge on any atom is -0.496 e. The number of hydrogen-bond acceptors (Lipinski definition) is 5. The van der Waals surface area contributed by atoms with Gasteiger partial charge in [0, 0.05) is 6.07 Å². The van der Waals surface area contributed by atoms with Crippen LogP contribution in [0.2, 0.25) is 0 Å². The minimum absolute atomic E-state index is 0.180. The summed E-state index contributed by atoms with van der Waals surface area (Å²) in [5.74, 6) is 0.364. The van der Waals surface area contributed by atoms with Crippen molar-refractivity contribution in [1.29, 1.82) is 0 Å². The maximum absolute atomic E-state index is 10.8. The first-order valence-electron chi connectivity index (χ1n) is 4.54. The molecule has 1 aromatic carbocycles.